The van der Waals surface area contributed by atoms with Gasteiger partial charge in [0.2, 0.25) is 0 Å². The first-order valence-electron chi connectivity index (χ1n) is 8.77. The van der Waals surface area contributed by atoms with E-state index in [2.05, 4.69) is 74.5 Å². The zero-order chi connectivity index (χ0) is 18.5. The number of nitrogens with zero attached hydrogens (tertiary/aromatic N) is 1. The van der Waals surface area contributed by atoms with Crippen LogP contribution in [0.3, 0.4) is 0 Å². The van der Waals surface area contributed by atoms with Gasteiger partial charge in [0, 0.05) is 25.1 Å². The van der Waals surface area contributed by atoms with Crippen LogP contribution in [0.5, 0.6) is 0 Å². The zero-order valence-corrected chi connectivity index (χ0v) is 15.5. The molecule has 0 saturated carbocycles. The summed E-state index contributed by atoms with van der Waals surface area (Å²) in [6, 6.07) is 23.6. The van der Waals surface area contributed by atoms with Crippen molar-refractivity contribution in [2.75, 3.05) is 11.9 Å². The Morgan fingerprint density at radius 1 is 0.769 bits per heavy atom. The third-order valence-electron chi connectivity index (χ3n) is 4.61. The fourth-order valence-electron chi connectivity index (χ4n) is 3.34. The van der Waals surface area contributed by atoms with Crippen molar-refractivity contribution in [2.45, 2.75) is 13.8 Å². The molecule has 0 heterocycles. The van der Waals surface area contributed by atoms with Gasteiger partial charge in [-0.1, -0.05) is 54.6 Å². The Bertz CT molecular complexity index is 899. The molecule has 0 spiro atoms. The highest BCUT2D eigenvalue weighted by molar-refractivity contribution is 5.77. The van der Waals surface area contributed by atoms with E-state index in [1.165, 1.54) is 39.6 Å². The second-order valence-corrected chi connectivity index (χ2v) is 6.52. The Labute approximate surface area is 155 Å². The highest BCUT2D eigenvalue weighted by atomic mass is 15.1. The van der Waals surface area contributed by atoms with Crippen LogP contribution in [0.1, 0.15) is 11.1 Å². The van der Waals surface area contributed by atoms with E-state index in [1.54, 1.807) is 6.08 Å². The Morgan fingerprint density at radius 2 is 1.38 bits per heavy atom. The minimum atomic E-state index is 1.10. The summed E-state index contributed by atoms with van der Waals surface area (Å²) in [6.07, 6.45) is 4.88. The van der Waals surface area contributed by atoms with Gasteiger partial charge in [-0.05, 0) is 65.4 Å². The van der Waals surface area contributed by atoms with Crippen LogP contribution in [0.4, 0.5) is 5.69 Å². The van der Waals surface area contributed by atoms with Crippen LogP contribution in [0.2, 0.25) is 0 Å². The molecule has 130 valence electrons. The lowest BCUT2D eigenvalue weighted by Gasteiger charge is -2.16. The van der Waals surface area contributed by atoms with Gasteiger partial charge in [-0.2, -0.15) is 0 Å². The standard InChI is InChI=1S/C24H24N2/c1-18-16-22(20-8-5-4-6-9-20)17-19(2)24(18)21-10-12-23(13-11-21)26(3)15-7-14-25/h4-17,25H,1-3H3/b15-7-,25-14?. The monoisotopic (exact) mass is 340 g/mol. The van der Waals surface area contributed by atoms with Crippen molar-refractivity contribution in [2.24, 2.45) is 0 Å². The second-order valence-electron chi connectivity index (χ2n) is 6.52. The molecule has 26 heavy (non-hydrogen) atoms. The molecule has 1 N–H and O–H groups in total. The van der Waals surface area contributed by atoms with Gasteiger partial charge in [-0.3, -0.25) is 0 Å². The molecule has 0 aromatic heterocycles. The highest BCUT2D eigenvalue weighted by Crippen LogP contribution is 2.33. The van der Waals surface area contributed by atoms with Crippen LogP contribution in [0.25, 0.3) is 22.3 Å². The molecule has 0 aliphatic rings. The maximum absolute atomic E-state index is 7.09. The third kappa shape index (κ3) is 3.75. The van der Waals surface area contributed by atoms with Gasteiger partial charge in [0.1, 0.15) is 0 Å². The Hall–Kier alpha value is -3.13. The summed E-state index contributed by atoms with van der Waals surface area (Å²) in [4.78, 5) is 2.01. The summed E-state index contributed by atoms with van der Waals surface area (Å²) >= 11 is 0. The fraction of sp³-hybridized carbons (Fsp3) is 0.125. The Morgan fingerprint density at radius 3 is 1.96 bits per heavy atom. The van der Waals surface area contributed by atoms with Crippen molar-refractivity contribution < 1.29 is 0 Å². The van der Waals surface area contributed by atoms with Crippen LogP contribution in [-0.4, -0.2) is 13.3 Å². The minimum absolute atomic E-state index is 1.10. The number of nitrogens with one attached hydrogen (secondary N) is 1. The molecule has 0 aliphatic heterocycles. The van der Waals surface area contributed by atoms with Gasteiger partial charge in [-0.15, -0.1) is 0 Å². The lowest BCUT2D eigenvalue weighted by Crippen LogP contribution is -2.07. The second kappa shape index (κ2) is 7.83. The van der Waals surface area contributed by atoms with Gasteiger partial charge < -0.3 is 10.3 Å². The quantitative estimate of drug-likeness (QED) is 0.547. The molecule has 0 bridgehead atoms. The van der Waals surface area contributed by atoms with Crippen molar-refractivity contribution in [3.05, 3.63) is 90.1 Å². The van der Waals surface area contributed by atoms with Gasteiger partial charge in [0.25, 0.3) is 0 Å². The van der Waals surface area contributed by atoms with E-state index in [4.69, 9.17) is 5.41 Å². The zero-order valence-electron chi connectivity index (χ0n) is 15.5. The molecule has 0 unspecified atom stereocenters. The molecule has 0 fully saturated rings. The van der Waals surface area contributed by atoms with E-state index in [1.807, 2.05) is 24.2 Å². The van der Waals surface area contributed by atoms with Gasteiger partial charge in [0.05, 0.1) is 0 Å². The largest absolute Gasteiger partial charge is 0.351 e. The first-order valence-corrected chi connectivity index (χ1v) is 8.77. The molecule has 2 nitrogen and oxygen atoms in total. The number of anilines is 1. The molecule has 3 aromatic rings. The number of hydrogen-bond acceptors (Lipinski definition) is 2. The fourth-order valence-corrected chi connectivity index (χ4v) is 3.34. The van der Waals surface area contributed by atoms with Gasteiger partial charge in [-0.25, -0.2) is 0 Å². The van der Waals surface area contributed by atoms with Gasteiger partial charge >= 0.3 is 0 Å². The van der Waals surface area contributed by atoms with Crippen molar-refractivity contribution in [1.82, 2.24) is 0 Å². The Balaban J connectivity index is 1.94. The molecule has 0 aliphatic carbocycles. The number of allylic oxidation sites excluding steroid dienone is 1. The molecule has 0 amide bonds. The van der Waals surface area contributed by atoms with E-state index in [0.29, 0.717) is 0 Å². The number of aryl methyl sites for hydroxylation is 2. The molecular formula is C24H24N2. The maximum Gasteiger partial charge on any atom is 0.0403 e. The topological polar surface area (TPSA) is 27.1 Å². The number of hydrogen-bond donors (Lipinski definition) is 1. The van der Waals surface area contributed by atoms with E-state index in [-0.39, 0.29) is 0 Å². The Kier molecular flexibility index (Phi) is 5.33. The van der Waals surface area contributed by atoms with E-state index >= 15 is 0 Å². The molecular weight excluding hydrogens is 316 g/mol. The minimum Gasteiger partial charge on any atom is -0.351 e. The average molecular weight is 340 g/mol. The van der Waals surface area contributed by atoms with E-state index in [0.717, 1.165) is 5.69 Å². The predicted octanol–water partition coefficient (Wildman–Crippen LogP) is 6.24. The lowest BCUT2D eigenvalue weighted by atomic mass is 9.91. The van der Waals surface area contributed by atoms with Crippen molar-refractivity contribution in [1.29, 1.82) is 5.41 Å². The molecule has 0 radical (unpaired) electrons. The van der Waals surface area contributed by atoms with Gasteiger partial charge in [0.15, 0.2) is 0 Å². The summed E-state index contributed by atoms with van der Waals surface area (Å²) in [7, 11) is 1.99. The van der Waals surface area contributed by atoms with Crippen molar-refractivity contribution >= 4 is 11.9 Å². The third-order valence-corrected chi connectivity index (χ3v) is 4.61. The predicted molar refractivity (Wildman–Crippen MR) is 113 cm³/mol. The maximum atomic E-state index is 7.09. The summed E-state index contributed by atoms with van der Waals surface area (Å²) in [5.41, 5.74) is 8.71. The summed E-state index contributed by atoms with van der Waals surface area (Å²) < 4.78 is 0. The SMILES string of the molecule is Cc1cc(-c2ccccc2)cc(C)c1-c1ccc(N(C)/C=C\C=N)cc1. The lowest BCUT2D eigenvalue weighted by molar-refractivity contribution is 1.21. The summed E-state index contributed by atoms with van der Waals surface area (Å²) in [5, 5.41) is 7.09. The van der Waals surface area contributed by atoms with Crippen LogP contribution < -0.4 is 4.90 Å². The molecule has 3 aromatic carbocycles. The van der Waals surface area contributed by atoms with Crippen LogP contribution in [-0.2, 0) is 0 Å². The van der Waals surface area contributed by atoms with Crippen molar-refractivity contribution in [3.8, 4) is 22.3 Å². The molecule has 2 heteroatoms. The molecule has 3 rings (SSSR count). The first kappa shape index (κ1) is 17.7. The van der Waals surface area contributed by atoms with Crippen LogP contribution in [0.15, 0.2) is 79.0 Å². The molecule has 0 atom stereocenters. The van der Waals surface area contributed by atoms with Crippen molar-refractivity contribution in [3.63, 3.8) is 0 Å². The molecule has 0 saturated heterocycles. The number of benzene rings is 3. The number of rotatable bonds is 5. The average Bonchev–Trinajstić information content (AvgIpc) is 2.66. The highest BCUT2D eigenvalue weighted by Gasteiger charge is 2.09. The van der Waals surface area contributed by atoms with Crippen LogP contribution >= 0.6 is 0 Å². The summed E-state index contributed by atoms with van der Waals surface area (Å²) in [6.45, 7) is 4.36. The van der Waals surface area contributed by atoms with Crippen LogP contribution in [0, 0.1) is 19.3 Å². The normalized spacial score (nSPS) is 10.9. The first-order chi connectivity index (χ1) is 12.6. The summed E-state index contributed by atoms with van der Waals surface area (Å²) in [5.74, 6) is 0. The van der Waals surface area contributed by atoms with E-state index in [9.17, 15) is 0 Å². The van der Waals surface area contributed by atoms with E-state index < -0.39 is 0 Å². The smallest absolute Gasteiger partial charge is 0.0403 e.